The molecule has 6 atom stereocenters. The van der Waals surface area contributed by atoms with Crippen LogP contribution in [0.1, 0.15) is 210 Å². The Morgan fingerprint density at radius 2 is 0.817 bits per heavy atom. The van der Waals surface area contributed by atoms with Crippen molar-refractivity contribution in [2.45, 2.75) is 260 Å². The van der Waals surface area contributed by atoms with Gasteiger partial charge in [-0.25, -0.2) is 42.5 Å². The van der Waals surface area contributed by atoms with E-state index in [4.69, 9.17) is 23.7 Å². The number of amides is 3. The van der Waals surface area contributed by atoms with Crippen molar-refractivity contribution in [2.75, 3.05) is 65.6 Å². The number of alkyl carbamates (subject to hydrolysis) is 3. The number of hydrogen-bond acceptors (Lipinski definition) is 16. The fourth-order valence-corrected chi connectivity index (χ4v) is 9.56. The molecule has 6 unspecified atom stereocenters. The monoisotopic (exact) mass is 1160 g/mol. The highest BCUT2D eigenvalue weighted by Gasteiger charge is 2.36. The van der Waals surface area contributed by atoms with Gasteiger partial charge in [-0.15, -0.1) is 0 Å². The molecule has 0 spiro atoms. The Bertz CT molecular complexity index is 2130. The van der Waals surface area contributed by atoms with Crippen molar-refractivity contribution < 1.29 is 52.8 Å². The predicted molar refractivity (Wildman–Crippen MR) is 316 cm³/mol. The van der Waals surface area contributed by atoms with E-state index in [1.54, 1.807) is 13.8 Å². The summed E-state index contributed by atoms with van der Waals surface area (Å²) >= 11 is 0. The number of nitrogens with one attached hydrogen (secondary N) is 3. The normalized spacial score (nSPS) is 17.5. The van der Waals surface area contributed by atoms with Gasteiger partial charge in [-0.3, -0.25) is 19.4 Å². The molecule has 1 aromatic heterocycles. The maximum Gasteiger partial charge on any atom is 0.407 e. The van der Waals surface area contributed by atoms with Crippen molar-refractivity contribution in [3.63, 3.8) is 0 Å². The van der Waals surface area contributed by atoms with Gasteiger partial charge in [0.05, 0.1) is 17.4 Å². The third kappa shape index (κ3) is 28.1. The minimum Gasteiger partial charge on any atom is -0.461 e. The van der Waals surface area contributed by atoms with Crippen LogP contribution in [0.2, 0.25) is 0 Å². The number of esters is 2. The number of aliphatic hydroxyl groups excluding tert-OH is 1. The van der Waals surface area contributed by atoms with Gasteiger partial charge >= 0.3 is 47.3 Å². The van der Waals surface area contributed by atoms with Crippen molar-refractivity contribution in [3.05, 3.63) is 31.5 Å². The Kier molecular flexibility index (Phi) is 32.5. The number of aliphatic hydroxyl groups is 1. The lowest BCUT2D eigenvalue weighted by atomic mass is 9.87. The first-order valence-electron chi connectivity index (χ1n) is 31.2. The van der Waals surface area contributed by atoms with Gasteiger partial charge in [-0.1, -0.05) is 104 Å². The van der Waals surface area contributed by atoms with Crippen LogP contribution < -0.4 is 33.0 Å². The first-order chi connectivity index (χ1) is 38.9. The number of aromatic nitrogens is 3. The number of nitrogens with zero attached hydrogens (tertiary/aromatic N) is 5. The minimum absolute atomic E-state index is 0.0237. The molecule has 0 radical (unpaired) electrons. The Labute approximate surface area is 488 Å². The van der Waals surface area contributed by atoms with Crippen LogP contribution in [-0.4, -0.2) is 154 Å². The molecule has 2 aliphatic heterocycles. The number of carbonyl (C=O) groups is 5. The van der Waals surface area contributed by atoms with Crippen molar-refractivity contribution in [1.82, 2.24) is 39.5 Å². The second-order valence-corrected chi connectivity index (χ2v) is 24.9. The van der Waals surface area contributed by atoms with E-state index in [9.17, 15) is 43.5 Å². The maximum atomic E-state index is 13.9. The summed E-state index contributed by atoms with van der Waals surface area (Å²) in [6.45, 7) is 22.9. The average Bonchev–Trinajstić information content (AvgIpc) is 4.46. The molecular weight excluding hydrogens is 1060 g/mol. The Balaban J connectivity index is 1.52. The van der Waals surface area contributed by atoms with E-state index in [0.717, 1.165) is 91.0 Å². The van der Waals surface area contributed by atoms with Gasteiger partial charge in [0, 0.05) is 77.5 Å². The van der Waals surface area contributed by atoms with Crippen LogP contribution in [0.25, 0.3) is 0 Å². The quantitative estimate of drug-likeness (QED) is 0.0208. The number of ether oxygens (including phenoxy) is 5. The minimum atomic E-state index is -1.00. The van der Waals surface area contributed by atoms with Gasteiger partial charge in [0.25, 0.3) is 0 Å². The van der Waals surface area contributed by atoms with Crippen molar-refractivity contribution >= 4 is 30.2 Å². The van der Waals surface area contributed by atoms with E-state index in [1.165, 1.54) is 0 Å². The molecule has 2 aliphatic rings. The van der Waals surface area contributed by atoms with Gasteiger partial charge in [-0.05, 0) is 107 Å². The molecule has 3 heterocycles. The fourth-order valence-electron chi connectivity index (χ4n) is 9.56. The summed E-state index contributed by atoms with van der Waals surface area (Å²) in [6, 6.07) is 0.748. The molecular formula is C60H108N8O14. The molecule has 22 nitrogen and oxygen atoms in total. The lowest BCUT2D eigenvalue weighted by Crippen LogP contribution is -2.54. The third-order valence-corrected chi connectivity index (χ3v) is 15.5. The van der Waals surface area contributed by atoms with E-state index in [-0.39, 0.29) is 51.4 Å². The van der Waals surface area contributed by atoms with Crippen molar-refractivity contribution in [1.29, 1.82) is 0 Å². The third-order valence-electron chi connectivity index (χ3n) is 15.5. The van der Waals surface area contributed by atoms with Gasteiger partial charge in [0.15, 0.2) is 12.2 Å². The molecule has 0 saturated carbocycles. The highest BCUT2D eigenvalue weighted by atomic mass is 16.6. The first-order valence-corrected chi connectivity index (χ1v) is 31.2. The molecule has 22 heteroatoms. The molecule has 2 saturated heterocycles. The van der Waals surface area contributed by atoms with Crippen LogP contribution in [0.15, 0.2) is 14.4 Å². The highest BCUT2D eigenvalue weighted by molar-refractivity contribution is 5.76. The molecule has 0 aliphatic carbocycles. The Hall–Kier alpha value is -4.96. The fraction of sp³-hybridized carbons (Fsp3) is 0.867. The summed E-state index contributed by atoms with van der Waals surface area (Å²) in [7, 11) is 0. The van der Waals surface area contributed by atoms with Gasteiger partial charge in [-0.2, -0.15) is 0 Å². The van der Waals surface area contributed by atoms with Crippen LogP contribution in [-0.2, 0) is 52.9 Å². The lowest BCUT2D eigenvalue weighted by Gasteiger charge is -2.25. The van der Waals surface area contributed by atoms with E-state index in [1.807, 2.05) is 27.7 Å². The smallest absolute Gasteiger partial charge is 0.407 e. The summed E-state index contributed by atoms with van der Waals surface area (Å²) in [5.41, 5.74) is -4.26. The lowest BCUT2D eigenvalue weighted by molar-refractivity contribution is -0.158. The predicted octanol–water partition coefficient (Wildman–Crippen LogP) is 8.03. The maximum absolute atomic E-state index is 13.9. The van der Waals surface area contributed by atoms with Gasteiger partial charge < -0.3 is 44.7 Å². The second-order valence-electron chi connectivity index (χ2n) is 24.9. The number of carbonyl (C=O) groups excluding carboxylic acids is 5. The average molecular weight is 1170 g/mol. The van der Waals surface area contributed by atoms with E-state index in [0.29, 0.717) is 122 Å². The Morgan fingerprint density at radius 1 is 0.500 bits per heavy atom. The standard InChI is InChI=1S/C60H108N8O14/c1-11-13-15-23-31-58(5,6)50(70)78-43-48(41-64-39-46(64)3)80-52(72)61-33-25-17-20-28-36-66-55(75)67(57(77)68(56(66)76)38-30-22-19-27-35-63-54(74)82-60(9,10)45-69)37-29-21-18-26-34-62-53(73)81-49(42-65-40-47(65)4)44-79-51(71)59(7,8)32-24-16-14-12-2/h46-49,69H,11-45H2,1-10H3,(H,61,72)(H,62,73)(H,63,74). The zero-order valence-electron chi connectivity index (χ0n) is 52.0. The molecule has 82 heavy (non-hydrogen) atoms. The Morgan fingerprint density at radius 3 is 1.13 bits per heavy atom. The van der Waals surface area contributed by atoms with Gasteiger partial charge in [0.1, 0.15) is 18.8 Å². The molecule has 1 aromatic rings. The van der Waals surface area contributed by atoms with Crippen LogP contribution in [0.3, 0.4) is 0 Å². The van der Waals surface area contributed by atoms with E-state index in [2.05, 4.69) is 53.4 Å². The summed E-state index contributed by atoms with van der Waals surface area (Å²) in [4.78, 5) is 110. The van der Waals surface area contributed by atoms with E-state index >= 15 is 0 Å². The SMILES string of the molecule is CCCCCCC(C)(C)C(=O)OCC(CN1CC1C)OC(=O)NCCCCCCn1c(=O)n(CCCCCCNC(=O)OC(COC(=O)C(C)(C)CCCCCC)CN2CC2C)c(=O)n(CCCCCCNC(=O)OC(C)(C)CO)c1=O. The van der Waals surface area contributed by atoms with Gasteiger partial charge in [0.2, 0.25) is 0 Å². The molecule has 472 valence electrons. The summed E-state index contributed by atoms with van der Waals surface area (Å²) in [5.74, 6) is -0.600. The summed E-state index contributed by atoms with van der Waals surface area (Å²) < 4.78 is 31.5. The van der Waals surface area contributed by atoms with E-state index < -0.39 is 64.0 Å². The molecule has 0 bridgehead atoms. The van der Waals surface area contributed by atoms with Crippen molar-refractivity contribution in [2.24, 2.45) is 10.8 Å². The summed E-state index contributed by atoms with van der Waals surface area (Å²) in [6.07, 6.45) is 14.2. The summed E-state index contributed by atoms with van der Waals surface area (Å²) in [5, 5.41) is 17.7. The van der Waals surface area contributed by atoms with Crippen LogP contribution in [0.5, 0.6) is 0 Å². The highest BCUT2D eigenvalue weighted by Crippen LogP contribution is 2.28. The first kappa shape index (κ1) is 71.3. The molecule has 2 fully saturated rings. The molecule has 0 aromatic carbocycles. The number of rotatable bonds is 45. The largest absolute Gasteiger partial charge is 0.461 e. The molecule has 3 rings (SSSR count). The van der Waals surface area contributed by atoms with Crippen LogP contribution in [0.4, 0.5) is 14.4 Å². The molecule has 3 amide bonds. The zero-order chi connectivity index (χ0) is 60.7. The second kappa shape index (κ2) is 37.4. The van der Waals surface area contributed by atoms with Crippen LogP contribution >= 0.6 is 0 Å². The van der Waals surface area contributed by atoms with Crippen molar-refractivity contribution in [3.8, 4) is 0 Å². The topological polar surface area (TPSA) is 260 Å². The molecule has 4 N–H and O–H groups in total. The number of hydrogen-bond donors (Lipinski definition) is 4. The zero-order valence-corrected chi connectivity index (χ0v) is 52.0. The van der Waals surface area contributed by atoms with Crippen LogP contribution in [0, 0.1) is 10.8 Å². The number of unbranched alkanes of at least 4 members (excludes halogenated alkanes) is 15.